The van der Waals surface area contributed by atoms with Gasteiger partial charge in [-0.05, 0) is 18.6 Å². The predicted molar refractivity (Wildman–Crippen MR) is 83.7 cm³/mol. The van der Waals surface area contributed by atoms with Crippen molar-refractivity contribution in [3.63, 3.8) is 0 Å². The fourth-order valence-electron chi connectivity index (χ4n) is 2.56. The first-order valence-electron chi connectivity index (χ1n) is 7.23. The van der Waals surface area contributed by atoms with Crippen molar-refractivity contribution in [3.05, 3.63) is 34.7 Å². The van der Waals surface area contributed by atoms with Gasteiger partial charge in [-0.3, -0.25) is 4.79 Å². The van der Waals surface area contributed by atoms with Crippen LogP contribution in [0.3, 0.4) is 0 Å². The average molecular weight is 410 g/mol. The van der Waals surface area contributed by atoms with Gasteiger partial charge in [0.15, 0.2) is 26.5 Å². The lowest BCUT2D eigenvalue weighted by Crippen LogP contribution is -2.36. The van der Waals surface area contributed by atoms with Crippen LogP contribution in [-0.2, 0) is 16.0 Å². The molecule has 0 spiro atoms. The van der Waals surface area contributed by atoms with Crippen LogP contribution in [0.4, 0.5) is 13.2 Å². The molecule has 2 aromatic heterocycles. The predicted octanol–water partition coefficient (Wildman–Crippen LogP) is 1.25. The van der Waals surface area contributed by atoms with Gasteiger partial charge in [-0.15, -0.1) is 10.2 Å². The molecule has 0 aliphatic carbocycles. The third-order valence-corrected chi connectivity index (χ3v) is 5.65. The van der Waals surface area contributed by atoms with Gasteiger partial charge in [0.25, 0.3) is 5.91 Å². The van der Waals surface area contributed by atoms with Gasteiger partial charge >= 0.3 is 6.18 Å². The van der Waals surface area contributed by atoms with Crippen LogP contribution in [0.15, 0.2) is 18.3 Å². The summed E-state index contributed by atoms with van der Waals surface area (Å²) < 4.78 is 63.8. The molecule has 3 heterocycles. The summed E-state index contributed by atoms with van der Waals surface area (Å²) in [6, 6.07) is 1.66. The number of halogens is 4. The van der Waals surface area contributed by atoms with Gasteiger partial charge in [0.05, 0.1) is 23.3 Å². The molecule has 2 aromatic rings. The fraction of sp³-hybridized carbons (Fsp3) is 0.385. The second kappa shape index (κ2) is 6.50. The number of rotatable bonds is 3. The maximum Gasteiger partial charge on any atom is 0.434 e. The summed E-state index contributed by atoms with van der Waals surface area (Å²) in [6.45, 7) is 0. The van der Waals surface area contributed by atoms with E-state index in [1.165, 1.54) is 12.1 Å². The number of amides is 1. The molecule has 1 fully saturated rings. The van der Waals surface area contributed by atoms with Crippen LogP contribution in [0.25, 0.3) is 5.82 Å². The molecule has 1 N–H and O–H groups in total. The van der Waals surface area contributed by atoms with Crippen LogP contribution >= 0.6 is 11.6 Å². The normalized spacial score (nSPS) is 19.5. The molecule has 8 nitrogen and oxygen atoms in total. The highest BCUT2D eigenvalue weighted by Gasteiger charge is 2.41. The summed E-state index contributed by atoms with van der Waals surface area (Å²) in [6.07, 6.45) is -4.02. The van der Waals surface area contributed by atoms with Crippen LogP contribution < -0.4 is 5.32 Å². The number of hydrogen-bond acceptors (Lipinski definition) is 6. The van der Waals surface area contributed by atoms with Gasteiger partial charge in [0.1, 0.15) is 0 Å². The molecule has 1 aliphatic heterocycles. The van der Waals surface area contributed by atoms with Crippen molar-refractivity contribution in [3.8, 4) is 5.82 Å². The van der Waals surface area contributed by atoms with Crippen molar-refractivity contribution in [2.75, 3.05) is 11.5 Å². The monoisotopic (exact) mass is 409 g/mol. The number of alkyl halides is 3. The Morgan fingerprint density at radius 3 is 2.58 bits per heavy atom. The quantitative estimate of drug-likeness (QED) is 0.817. The van der Waals surface area contributed by atoms with E-state index in [4.69, 9.17) is 11.6 Å². The zero-order valence-electron chi connectivity index (χ0n) is 12.9. The molecule has 0 bridgehead atoms. The van der Waals surface area contributed by atoms with E-state index in [1.54, 1.807) is 0 Å². The Morgan fingerprint density at radius 1 is 1.31 bits per heavy atom. The zero-order valence-corrected chi connectivity index (χ0v) is 14.4. The average Bonchev–Trinajstić information content (AvgIpc) is 3.11. The van der Waals surface area contributed by atoms with Crippen LogP contribution in [-0.4, -0.2) is 51.9 Å². The molecule has 0 aromatic carbocycles. The highest BCUT2D eigenvalue weighted by Crippen LogP contribution is 2.33. The Bertz CT molecular complexity index is 943. The van der Waals surface area contributed by atoms with Crippen molar-refractivity contribution >= 4 is 27.3 Å². The van der Waals surface area contributed by atoms with E-state index in [2.05, 4.69) is 20.6 Å². The molecule has 0 saturated carbocycles. The minimum Gasteiger partial charge on any atom is -0.348 e. The molecule has 1 atom stereocenters. The standard InChI is InChI=1S/C13H11ClF3N5O3S/c14-9-1-2-10(21-20-9)22-11(13(15,16)17)8(5-18-22)12(23)19-7-3-4-26(24,25)6-7/h1-2,5,7H,3-4,6H2,(H,19,23). The summed E-state index contributed by atoms with van der Waals surface area (Å²) in [5.74, 6) is -1.77. The van der Waals surface area contributed by atoms with E-state index in [9.17, 15) is 26.4 Å². The maximum atomic E-state index is 13.5. The van der Waals surface area contributed by atoms with Gasteiger partial charge in [-0.25, -0.2) is 13.1 Å². The second-order valence-electron chi connectivity index (χ2n) is 5.60. The van der Waals surface area contributed by atoms with E-state index in [0.29, 0.717) is 4.68 Å². The molecule has 140 valence electrons. The lowest BCUT2D eigenvalue weighted by atomic mass is 10.2. The van der Waals surface area contributed by atoms with Gasteiger partial charge in [0.2, 0.25) is 0 Å². The molecule has 1 aliphatic rings. The molecule has 1 unspecified atom stereocenters. The summed E-state index contributed by atoms with van der Waals surface area (Å²) >= 11 is 5.56. The minimum atomic E-state index is -4.91. The summed E-state index contributed by atoms with van der Waals surface area (Å²) in [5.41, 5.74) is -2.08. The molecule has 26 heavy (non-hydrogen) atoms. The number of sulfone groups is 1. The lowest BCUT2D eigenvalue weighted by Gasteiger charge is -2.14. The first-order chi connectivity index (χ1) is 12.1. The number of carbonyl (C=O) groups excluding carboxylic acids is 1. The first-order valence-corrected chi connectivity index (χ1v) is 9.43. The van der Waals surface area contributed by atoms with E-state index in [0.717, 1.165) is 6.20 Å². The van der Waals surface area contributed by atoms with Crippen molar-refractivity contribution in [1.29, 1.82) is 0 Å². The maximum absolute atomic E-state index is 13.5. The molecular weight excluding hydrogens is 399 g/mol. The van der Waals surface area contributed by atoms with Crippen LogP contribution in [0, 0.1) is 0 Å². The molecule has 1 amide bonds. The number of aromatic nitrogens is 4. The van der Waals surface area contributed by atoms with Gasteiger partial charge in [0, 0.05) is 6.04 Å². The van der Waals surface area contributed by atoms with E-state index in [1.807, 2.05) is 0 Å². The second-order valence-corrected chi connectivity index (χ2v) is 8.22. The number of carbonyl (C=O) groups is 1. The number of hydrogen-bond donors (Lipinski definition) is 1. The smallest absolute Gasteiger partial charge is 0.348 e. The number of nitrogens with one attached hydrogen (secondary N) is 1. The minimum absolute atomic E-state index is 0.0186. The van der Waals surface area contributed by atoms with Crippen molar-refractivity contribution in [2.24, 2.45) is 0 Å². The molecule has 3 rings (SSSR count). The Hall–Kier alpha value is -2.21. The third-order valence-electron chi connectivity index (χ3n) is 3.68. The number of nitrogens with zero attached hydrogens (tertiary/aromatic N) is 4. The SMILES string of the molecule is O=C(NC1CCS(=O)(=O)C1)c1cnn(-c2ccc(Cl)nn2)c1C(F)(F)F. The molecular formula is C13H11ClF3N5O3S. The van der Waals surface area contributed by atoms with Gasteiger partial charge < -0.3 is 5.32 Å². The van der Waals surface area contributed by atoms with Gasteiger partial charge in [-0.1, -0.05) is 11.6 Å². The fourth-order valence-corrected chi connectivity index (χ4v) is 4.33. The van der Waals surface area contributed by atoms with Crippen molar-refractivity contribution in [1.82, 2.24) is 25.3 Å². The summed E-state index contributed by atoms with van der Waals surface area (Å²) in [7, 11) is -3.29. The molecule has 13 heteroatoms. The lowest BCUT2D eigenvalue weighted by molar-refractivity contribution is -0.143. The van der Waals surface area contributed by atoms with E-state index in [-0.39, 0.29) is 28.9 Å². The highest BCUT2D eigenvalue weighted by molar-refractivity contribution is 7.91. The van der Waals surface area contributed by atoms with Crippen molar-refractivity contribution < 1.29 is 26.4 Å². The van der Waals surface area contributed by atoms with Crippen molar-refractivity contribution in [2.45, 2.75) is 18.6 Å². The molecule has 0 radical (unpaired) electrons. The topological polar surface area (TPSA) is 107 Å². The Kier molecular flexibility index (Phi) is 4.65. The highest BCUT2D eigenvalue weighted by atomic mass is 35.5. The van der Waals surface area contributed by atoms with Crippen LogP contribution in [0.2, 0.25) is 5.15 Å². The van der Waals surface area contributed by atoms with Crippen LogP contribution in [0.5, 0.6) is 0 Å². The largest absolute Gasteiger partial charge is 0.434 e. The first kappa shape index (κ1) is 18.6. The van der Waals surface area contributed by atoms with E-state index >= 15 is 0 Å². The molecule has 1 saturated heterocycles. The van der Waals surface area contributed by atoms with E-state index < -0.39 is 39.2 Å². The Balaban J connectivity index is 1.95. The summed E-state index contributed by atoms with van der Waals surface area (Å²) in [5, 5.41) is 12.8. The van der Waals surface area contributed by atoms with Gasteiger partial charge in [-0.2, -0.15) is 18.3 Å². The zero-order chi connectivity index (χ0) is 19.1. The van der Waals surface area contributed by atoms with Crippen LogP contribution in [0.1, 0.15) is 22.5 Å². The summed E-state index contributed by atoms with van der Waals surface area (Å²) in [4.78, 5) is 12.3. The Labute approximate surface area is 150 Å². The third kappa shape index (κ3) is 3.80. The Morgan fingerprint density at radius 2 is 2.04 bits per heavy atom.